The summed E-state index contributed by atoms with van der Waals surface area (Å²) in [4.78, 5) is 17.8. The van der Waals surface area contributed by atoms with E-state index in [0.717, 1.165) is 33.7 Å². The fraction of sp³-hybridized carbons (Fsp3) is 0.208. The van der Waals surface area contributed by atoms with Gasteiger partial charge >= 0.3 is 0 Å². The maximum absolute atomic E-state index is 12.5. The van der Waals surface area contributed by atoms with Gasteiger partial charge in [-0.1, -0.05) is 77.5 Å². The van der Waals surface area contributed by atoms with E-state index in [1.165, 1.54) is 38.7 Å². The molecule has 0 aliphatic carbocycles. The molecule has 166 valence electrons. The quantitative estimate of drug-likeness (QED) is 0.327. The summed E-state index contributed by atoms with van der Waals surface area (Å²) < 4.78 is 3.43. The first kappa shape index (κ1) is 21.5. The minimum absolute atomic E-state index is 0.160. The van der Waals surface area contributed by atoms with Crippen LogP contribution in [0.4, 0.5) is 0 Å². The van der Waals surface area contributed by atoms with Gasteiger partial charge < -0.3 is 0 Å². The number of aryl methyl sites for hydroxylation is 3. The Morgan fingerprint density at radius 2 is 1.67 bits per heavy atom. The molecule has 0 bridgehead atoms. The molecule has 9 heteroatoms. The van der Waals surface area contributed by atoms with Crippen LogP contribution in [-0.4, -0.2) is 29.4 Å². The highest BCUT2D eigenvalue weighted by atomic mass is 32.2. The molecule has 3 aromatic heterocycles. The van der Waals surface area contributed by atoms with Crippen LogP contribution in [0, 0.1) is 13.8 Å². The molecule has 0 amide bonds. The predicted octanol–water partition coefficient (Wildman–Crippen LogP) is 4.87. The van der Waals surface area contributed by atoms with Crippen LogP contribution in [-0.2, 0) is 12.2 Å². The fourth-order valence-electron chi connectivity index (χ4n) is 3.43. The van der Waals surface area contributed by atoms with E-state index in [0.29, 0.717) is 16.4 Å². The molecule has 5 rings (SSSR count). The van der Waals surface area contributed by atoms with Crippen LogP contribution in [0.3, 0.4) is 0 Å². The van der Waals surface area contributed by atoms with Crippen LogP contribution >= 0.6 is 23.1 Å². The second-order valence-corrected chi connectivity index (χ2v) is 9.74. The zero-order valence-electron chi connectivity index (χ0n) is 18.5. The Morgan fingerprint density at radius 3 is 2.36 bits per heavy atom. The van der Waals surface area contributed by atoms with Crippen molar-refractivity contribution in [3.8, 4) is 17.1 Å². The van der Waals surface area contributed by atoms with Crippen LogP contribution in [0.15, 0.2) is 64.5 Å². The van der Waals surface area contributed by atoms with E-state index in [1.807, 2.05) is 6.92 Å². The summed E-state index contributed by atoms with van der Waals surface area (Å²) in [7, 11) is 0. The second kappa shape index (κ2) is 8.92. The summed E-state index contributed by atoms with van der Waals surface area (Å²) in [5.41, 5.74) is 4.90. The lowest BCUT2D eigenvalue weighted by atomic mass is 10.1. The first-order valence-electron chi connectivity index (χ1n) is 10.6. The van der Waals surface area contributed by atoms with Crippen molar-refractivity contribution in [2.24, 2.45) is 0 Å². The molecule has 33 heavy (non-hydrogen) atoms. The number of nitrogens with zero attached hydrogens (tertiary/aromatic N) is 6. The third-order valence-electron chi connectivity index (χ3n) is 5.23. The monoisotopic (exact) mass is 474 g/mol. The Hall–Kier alpha value is -3.30. The minimum atomic E-state index is -0.160. The number of thioether (sulfide) groups is 1. The first-order valence-corrected chi connectivity index (χ1v) is 12.4. The van der Waals surface area contributed by atoms with E-state index in [2.05, 4.69) is 87.2 Å². The number of rotatable bonds is 6. The number of aromatic nitrogens is 6. The van der Waals surface area contributed by atoms with E-state index in [4.69, 9.17) is 0 Å². The molecule has 3 heterocycles. The third kappa shape index (κ3) is 4.34. The lowest BCUT2D eigenvalue weighted by Crippen LogP contribution is -2.15. The zero-order valence-corrected chi connectivity index (χ0v) is 20.2. The van der Waals surface area contributed by atoms with Crippen molar-refractivity contribution < 1.29 is 0 Å². The third-order valence-corrected chi connectivity index (χ3v) is 7.24. The molecular formula is C24H22N6OS2. The predicted molar refractivity (Wildman–Crippen MR) is 132 cm³/mol. The van der Waals surface area contributed by atoms with E-state index >= 15 is 0 Å². The van der Waals surface area contributed by atoms with E-state index in [1.54, 1.807) is 6.07 Å². The van der Waals surface area contributed by atoms with Crippen molar-refractivity contribution in [3.05, 3.63) is 86.8 Å². The molecule has 0 spiro atoms. The number of fused-ring (bicyclic) bond motifs is 1. The van der Waals surface area contributed by atoms with Crippen molar-refractivity contribution in [1.29, 1.82) is 0 Å². The van der Waals surface area contributed by atoms with Gasteiger partial charge in [0.2, 0.25) is 4.96 Å². The van der Waals surface area contributed by atoms with Gasteiger partial charge in [-0.2, -0.15) is 9.61 Å². The lowest BCUT2D eigenvalue weighted by molar-refractivity contribution is 0.851. The molecule has 0 atom stereocenters. The van der Waals surface area contributed by atoms with Crippen LogP contribution in [0.25, 0.3) is 22.0 Å². The highest BCUT2D eigenvalue weighted by Gasteiger charge is 2.17. The summed E-state index contributed by atoms with van der Waals surface area (Å²) >= 11 is 2.96. The van der Waals surface area contributed by atoms with Gasteiger partial charge in [0.1, 0.15) is 5.01 Å². The molecule has 0 radical (unpaired) electrons. The number of hydrogen-bond acceptors (Lipinski definition) is 7. The maximum Gasteiger partial charge on any atom is 0.275 e. The Kier molecular flexibility index (Phi) is 5.82. The van der Waals surface area contributed by atoms with Gasteiger partial charge in [0.05, 0.1) is 5.69 Å². The normalized spacial score (nSPS) is 11.4. The summed E-state index contributed by atoms with van der Waals surface area (Å²) in [5, 5.41) is 15.0. The minimum Gasteiger partial charge on any atom is -0.270 e. The largest absolute Gasteiger partial charge is 0.275 e. The molecule has 0 saturated heterocycles. The number of benzene rings is 2. The highest BCUT2D eigenvalue weighted by Crippen LogP contribution is 2.30. The van der Waals surface area contributed by atoms with Crippen LogP contribution in [0.2, 0.25) is 0 Å². The van der Waals surface area contributed by atoms with Crippen molar-refractivity contribution in [1.82, 2.24) is 29.4 Å². The van der Waals surface area contributed by atoms with Gasteiger partial charge in [0, 0.05) is 23.1 Å². The van der Waals surface area contributed by atoms with Crippen LogP contribution in [0.1, 0.15) is 28.8 Å². The summed E-state index contributed by atoms with van der Waals surface area (Å²) in [6.45, 7) is 6.15. The molecule has 7 nitrogen and oxygen atoms in total. The van der Waals surface area contributed by atoms with E-state index in [-0.39, 0.29) is 5.56 Å². The molecule has 0 aliphatic heterocycles. The van der Waals surface area contributed by atoms with Gasteiger partial charge in [0.25, 0.3) is 5.56 Å². The van der Waals surface area contributed by atoms with Crippen LogP contribution < -0.4 is 5.56 Å². The topological polar surface area (TPSA) is 78.0 Å². The zero-order chi connectivity index (χ0) is 22.9. The Bertz CT molecular complexity index is 1480. The van der Waals surface area contributed by atoms with Crippen molar-refractivity contribution in [3.63, 3.8) is 0 Å². The highest BCUT2D eigenvalue weighted by molar-refractivity contribution is 7.98. The van der Waals surface area contributed by atoms with Crippen LogP contribution in [0.5, 0.6) is 0 Å². The summed E-state index contributed by atoms with van der Waals surface area (Å²) in [5.74, 6) is 1.28. The molecule has 0 fully saturated rings. The summed E-state index contributed by atoms with van der Waals surface area (Å²) in [6, 6.07) is 18.1. The fourth-order valence-corrected chi connectivity index (χ4v) is 5.13. The second-order valence-electron chi connectivity index (χ2n) is 7.76. The molecule has 0 N–H and O–H groups in total. The van der Waals surface area contributed by atoms with Gasteiger partial charge in [-0.05, 0) is 32.4 Å². The average Bonchev–Trinajstić information content (AvgIpc) is 3.43. The average molecular weight is 475 g/mol. The van der Waals surface area contributed by atoms with Crippen molar-refractivity contribution in [2.45, 2.75) is 38.1 Å². The summed E-state index contributed by atoms with van der Waals surface area (Å²) in [6.07, 6.45) is 0.777. The number of hydrogen-bond donors (Lipinski definition) is 0. The van der Waals surface area contributed by atoms with Crippen molar-refractivity contribution in [2.75, 3.05) is 0 Å². The first-order chi connectivity index (χ1) is 16.0. The lowest BCUT2D eigenvalue weighted by Gasteiger charge is -2.11. The molecule has 2 aromatic carbocycles. The van der Waals surface area contributed by atoms with Gasteiger partial charge in [-0.3, -0.25) is 9.36 Å². The molecular weight excluding hydrogens is 452 g/mol. The maximum atomic E-state index is 12.5. The van der Waals surface area contributed by atoms with Gasteiger partial charge in [-0.15, -0.1) is 10.2 Å². The standard InChI is InChI=1S/C24H22N6OS2/c1-4-20-28-30-21(31)13-18(25-23(30)33-20)14-32-24-27-26-22(17-9-5-15(2)6-10-17)29(24)19-11-7-16(3)8-12-19/h5-13H,4,14H2,1-3H3. The van der Waals surface area contributed by atoms with Gasteiger partial charge in [0.15, 0.2) is 11.0 Å². The SMILES string of the molecule is CCc1nn2c(=O)cc(CSc3nnc(-c4ccc(C)cc4)n3-c3ccc(C)cc3)nc2s1. The smallest absolute Gasteiger partial charge is 0.270 e. The molecule has 0 saturated carbocycles. The van der Waals surface area contributed by atoms with E-state index < -0.39 is 0 Å². The molecule has 5 aromatic rings. The van der Waals surface area contributed by atoms with Crippen molar-refractivity contribution >= 4 is 28.1 Å². The van der Waals surface area contributed by atoms with Gasteiger partial charge in [-0.25, -0.2) is 4.98 Å². The Morgan fingerprint density at radius 1 is 0.970 bits per heavy atom. The molecule has 0 unspecified atom stereocenters. The van der Waals surface area contributed by atoms with E-state index in [9.17, 15) is 4.79 Å². The Labute approximate surface area is 199 Å². The Balaban J connectivity index is 1.51. The molecule has 0 aliphatic rings.